The quantitative estimate of drug-likeness (QED) is 0.760. The van der Waals surface area contributed by atoms with E-state index < -0.39 is 0 Å². The molecule has 0 amide bonds. The van der Waals surface area contributed by atoms with Crippen LogP contribution in [0.3, 0.4) is 0 Å². The topological polar surface area (TPSA) is 44.1 Å². The lowest BCUT2D eigenvalue weighted by Crippen LogP contribution is -2.15. The average molecular weight is 261 g/mol. The second-order valence-corrected chi connectivity index (χ2v) is 3.77. The van der Waals surface area contributed by atoms with Crippen LogP contribution < -0.4 is 0 Å². The first-order valence-corrected chi connectivity index (χ1v) is 5.23. The van der Waals surface area contributed by atoms with E-state index in [-0.39, 0.29) is 12.4 Å². The Labute approximate surface area is 91.4 Å². The Balaban J connectivity index is 2.92. The summed E-state index contributed by atoms with van der Waals surface area (Å²) in [6.45, 7) is 2.88. The molecule has 0 saturated carbocycles. The largest absolute Gasteiger partial charge is 0.376 e. The lowest BCUT2D eigenvalue weighted by molar-refractivity contribution is 0.0836. The standard InChI is InChI=1S/C9H13BrN2O2/c1-3-4-12-9(7(10)5-11-12)8(13)6-14-2/h5H,3-4,6H2,1-2H3. The number of hydrogen-bond donors (Lipinski definition) is 0. The highest BCUT2D eigenvalue weighted by Gasteiger charge is 2.15. The molecule has 1 heterocycles. The molecule has 0 N–H and O–H groups in total. The highest BCUT2D eigenvalue weighted by molar-refractivity contribution is 9.10. The Hall–Kier alpha value is -0.680. The first-order chi connectivity index (χ1) is 6.70. The van der Waals surface area contributed by atoms with Gasteiger partial charge in [-0.1, -0.05) is 6.92 Å². The van der Waals surface area contributed by atoms with Crippen molar-refractivity contribution in [1.82, 2.24) is 9.78 Å². The van der Waals surface area contributed by atoms with Crippen molar-refractivity contribution in [1.29, 1.82) is 0 Å². The van der Waals surface area contributed by atoms with Gasteiger partial charge in [-0.2, -0.15) is 5.10 Å². The summed E-state index contributed by atoms with van der Waals surface area (Å²) in [7, 11) is 1.51. The molecule has 0 saturated heterocycles. The Morgan fingerprint density at radius 1 is 1.71 bits per heavy atom. The maximum atomic E-state index is 11.6. The zero-order chi connectivity index (χ0) is 10.6. The molecule has 0 aliphatic carbocycles. The van der Waals surface area contributed by atoms with E-state index in [9.17, 15) is 4.79 Å². The monoisotopic (exact) mass is 260 g/mol. The zero-order valence-electron chi connectivity index (χ0n) is 8.29. The summed E-state index contributed by atoms with van der Waals surface area (Å²) in [4.78, 5) is 11.6. The van der Waals surface area contributed by atoms with E-state index in [4.69, 9.17) is 4.74 Å². The van der Waals surface area contributed by atoms with Crippen molar-refractivity contribution in [3.05, 3.63) is 16.4 Å². The third-order valence-electron chi connectivity index (χ3n) is 1.77. The summed E-state index contributed by atoms with van der Waals surface area (Å²) < 4.78 is 7.23. The van der Waals surface area contributed by atoms with E-state index in [0.29, 0.717) is 5.69 Å². The fraction of sp³-hybridized carbons (Fsp3) is 0.556. The summed E-state index contributed by atoms with van der Waals surface area (Å²) in [5.74, 6) is -0.0506. The van der Waals surface area contributed by atoms with Crippen molar-refractivity contribution in [2.75, 3.05) is 13.7 Å². The highest BCUT2D eigenvalue weighted by Crippen LogP contribution is 2.16. The Morgan fingerprint density at radius 2 is 2.43 bits per heavy atom. The number of aromatic nitrogens is 2. The van der Waals surface area contributed by atoms with Crippen LogP contribution in [-0.2, 0) is 11.3 Å². The minimum absolute atomic E-state index is 0.0506. The predicted molar refractivity (Wildman–Crippen MR) is 56.4 cm³/mol. The van der Waals surface area contributed by atoms with E-state index in [0.717, 1.165) is 17.4 Å². The molecule has 0 aromatic carbocycles. The number of rotatable bonds is 5. The molecule has 1 aromatic rings. The molecule has 0 fully saturated rings. The van der Waals surface area contributed by atoms with E-state index in [1.54, 1.807) is 10.9 Å². The summed E-state index contributed by atoms with van der Waals surface area (Å²) in [6.07, 6.45) is 2.58. The van der Waals surface area contributed by atoms with Crippen molar-refractivity contribution in [3.63, 3.8) is 0 Å². The van der Waals surface area contributed by atoms with Crippen molar-refractivity contribution in [3.8, 4) is 0 Å². The lowest BCUT2D eigenvalue weighted by atomic mass is 10.3. The van der Waals surface area contributed by atoms with Gasteiger partial charge < -0.3 is 4.74 Å². The van der Waals surface area contributed by atoms with Crippen LogP contribution in [0.1, 0.15) is 23.8 Å². The van der Waals surface area contributed by atoms with Crippen LogP contribution in [0.25, 0.3) is 0 Å². The molecule has 0 bridgehead atoms. The number of Topliss-reactive ketones (excluding diaryl/α,β-unsaturated/α-hetero) is 1. The number of ketones is 1. The number of carbonyl (C=O) groups excluding carboxylic acids is 1. The molecule has 0 unspecified atom stereocenters. The van der Waals surface area contributed by atoms with Gasteiger partial charge in [0.25, 0.3) is 0 Å². The van der Waals surface area contributed by atoms with Gasteiger partial charge in [0.15, 0.2) is 0 Å². The molecular formula is C9H13BrN2O2. The molecule has 14 heavy (non-hydrogen) atoms. The van der Waals surface area contributed by atoms with Gasteiger partial charge in [0.1, 0.15) is 12.3 Å². The molecule has 0 spiro atoms. The summed E-state index contributed by atoms with van der Waals surface area (Å²) >= 11 is 3.30. The number of methoxy groups -OCH3 is 1. The first kappa shape index (κ1) is 11.4. The van der Waals surface area contributed by atoms with Gasteiger partial charge in [0, 0.05) is 13.7 Å². The van der Waals surface area contributed by atoms with Crippen LogP contribution in [-0.4, -0.2) is 29.3 Å². The maximum Gasteiger partial charge on any atom is 0.207 e. The molecule has 78 valence electrons. The van der Waals surface area contributed by atoms with Crippen LogP contribution in [0.15, 0.2) is 10.7 Å². The zero-order valence-corrected chi connectivity index (χ0v) is 9.87. The smallest absolute Gasteiger partial charge is 0.207 e. The fourth-order valence-corrected chi connectivity index (χ4v) is 1.74. The molecule has 1 rings (SSSR count). The van der Waals surface area contributed by atoms with Crippen LogP contribution in [0.5, 0.6) is 0 Å². The second kappa shape index (κ2) is 5.26. The first-order valence-electron chi connectivity index (χ1n) is 4.44. The lowest BCUT2D eigenvalue weighted by Gasteiger charge is -2.04. The normalized spacial score (nSPS) is 10.5. The Bertz CT molecular complexity index is 323. The van der Waals surface area contributed by atoms with Crippen molar-refractivity contribution < 1.29 is 9.53 Å². The van der Waals surface area contributed by atoms with Crippen molar-refractivity contribution in [2.24, 2.45) is 0 Å². The Kier molecular flexibility index (Phi) is 4.28. The highest BCUT2D eigenvalue weighted by atomic mass is 79.9. The van der Waals surface area contributed by atoms with Gasteiger partial charge >= 0.3 is 0 Å². The van der Waals surface area contributed by atoms with Crippen molar-refractivity contribution in [2.45, 2.75) is 19.9 Å². The van der Waals surface area contributed by atoms with Gasteiger partial charge in [-0.15, -0.1) is 0 Å². The van der Waals surface area contributed by atoms with E-state index in [2.05, 4.69) is 21.0 Å². The Morgan fingerprint density at radius 3 is 3.00 bits per heavy atom. The molecular weight excluding hydrogens is 248 g/mol. The minimum Gasteiger partial charge on any atom is -0.376 e. The van der Waals surface area contributed by atoms with Crippen molar-refractivity contribution >= 4 is 21.7 Å². The SMILES string of the molecule is CCCn1ncc(Br)c1C(=O)COC. The molecule has 4 nitrogen and oxygen atoms in total. The number of hydrogen-bond acceptors (Lipinski definition) is 3. The molecule has 0 aliphatic heterocycles. The van der Waals surface area contributed by atoms with E-state index >= 15 is 0 Å². The van der Waals surface area contributed by atoms with Gasteiger partial charge in [-0.05, 0) is 22.4 Å². The average Bonchev–Trinajstić information content (AvgIpc) is 2.48. The van der Waals surface area contributed by atoms with Crippen LogP contribution in [0, 0.1) is 0 Å². The summed E-state index contributed by atoms with van der Waals surface area (Å²) in [5.41, 5.74) is 0.591. The molecule has 0 atom stereocenters. The number of nitrogens with zero attached hydrogens (tertiary/aromatic N) is 2. The number of halogens is 1. The molecule has 0 aliphatic rings. The number of aryl methyl sites for hydroxylation is 1. The second-order valence-electron chi connectivity index (χ2n) is 2.92. The van der Waals surface area contributed by atoms with Gasteiger partial charge in [-0.25, -0.2) is 0 Å². The molecule has 5 heteroatoms. The maximum absolute atomic E-state index is 11.6. The fourth-order valence-electron chi connectivity index (χ4n) is 1.22. The minimum atomic E-state index is -0.0506. The van der Waals surface area contributed by atoms with Crippen LogP contribution in [0.4, 0.5) is 0 Å². The van der Waals surface area contributed by atoms with Crippen LogP contribution >= 0.6 is 15.9 Å². The third-order valence-corrected chi connectivity index (χ3v) is 2.35. The predicted octanol–water partition coefficient (Wildman–Crippen LogP) is 1.88. The molecule has 1 aromatic heterocycles. The van der Waals surface area contributed by atoms with E-state index in [1.807, 2.05) is 6.92 Å². The van der Waals surface area contributed by atoms with Gasteiger partial charge in [-0.3, -0.25) is 9.48 Å². The summed E-state index contributed by atoms with van der Waals surface area (Å²) in [6, 6.07) is 0. The van der Waals surface area contributed by atoms with Crippen LogP contribution in [0.2, 0.25) is 0 Å². The van der Waals surface area contributed by atoms with Gasteiger partial charge in [0.2, 0.25) is 5.78 Å². The number of carbonyl (C=O) groups is 1. The molecule has 0 radical (unpaired) electrons. The third kappa shape index (κ3) is 2.42. The van der Waals surface area contributed by atoms with E-state index in [1.165, 1.54) is 7.11 Å². The number of ether oxygens (including phenoxy) is 1. The van der Waals surface area contributed by atoms with Gasteiger partial charge in [0.05, 0.1) is 10.7 Å². The summed E-state index contributed by atoms with van der Waals surface area (Å²) in [5, 5.41) is 4.10.